The van der Waals surface area contributed by atoms with Gasteiger partial charge in [0, 0.05) is 60.2 Å². The SMILES string of the molecule is Cc1ccc(C(=O)N2CCN(c3ccc(NC(=O)CN(Cc4ccccc4)C(=O)c4ccc(Cl)cc4)cc3)CC2)cc1. The average Bonchev–Trinajstić information content (AvgIpc) is 3.02. The Balaban J connectivity index is 1.18. The Bertz CT molecular complexity index is 1520. The van der Waals surface area contributed by atoms with E-state index in [2.05, 4.69) is 10.2 Å². The van der Waals surface area contributed by atoms with E-state index in [1.54, 1.807) is 24.3 Å². The number of nitrogens with zero attached hydrogens (tertiary/aromatic N) is 3. The van der Waals surface area contributed by atoms with Gasteiger partial charge in [0.1, 0.15) is 6.54 Å². The van der Waals surface area contributed by atoms with Crippen molar-refractivity contribution in [2.24, 2.45) is 0 Å². The van der Waals surface area contributed by atoms with E-state index >= 15 is 0 Å². The van der Waals surface area contributed by atoms with E-state index in [0.29, 0.717) is 41.5 Å². The summed E-state index contributed by atoms with van der Waals surface area (Å²) in [6.07, 6.45) is 0. The van der Waals surface area contributed by atoms with Gasteiger partial charge in [-0.1, -0.05) is 59.6 Å². The maximum atomic E-state index is 13.3. The van der Waals surface area contributed by atoms with E-state index in [0.717, 1.165) is 29.9 Å². The molecule has 0 radical (unpaired) electrons. The summed E-state index contributed by atoms with van der Waals surface area (Å²) in [7, 11) is 0. The molecule has 1 saturated heterocycles. The Morgan fingerprint density at radius 2 is 1.38 bits per heavy atom. The van der Waals surface area contributed by atoms with E-state index in [-0.39, 0.29) is 24.3 Å². The summed E-state index contributed by atoms with van der Waals surface area (Å²) < 4.78 is 0. The van der Waals surface area contributed by atoms with Gasteiger partial charge in [-0.05, 0) is 73.2 Å². The second-order valence-corrected chi connectivity index (χ2v) is 10.8. The largest absolute Gasteiger partial charge is 0.368 e. The molecule has 1 fully saturated rings. The second kappa shape index (κ2) is 13.4. The highest BCUT2D eigenvalue weighted by molar-refractivity contribution is 6.30. The van der Waals surface area contributed by atoms with E-state index in [9.17, 15) is 14.4 Å². The number of hydrogen-bond acceptors (Lipinski definition) is 4. The summed E-state index contributed by atoms with van der Waals surface area (Å²) >= 11 is 6.00. The molecule has 0 bridgehead atoms. The minimum Gasteiger partial charge on any atom is -0.368 e. The van der Waals surface area contributed by atoms with Crippen molar-refractivity contribution in [3.8, 4) is 0 Å². The first-order valence-electron chi connectivity index (χ1n) is 14.0. The van der Waals surface area contributed by atoms with Gasteiger partial charge in [0.05, 0.1) is 0 Å². The van der Waals surface area contributed by atoms with Gasteiger partial charge in [0.25, 0.3) is 11.8 Å². The number of halogens is 1. The van der Waals surface area contributed by atoms with Crippen molar-refractivity contribution in [1.82, 2.24) is 9.80 Å². The summed E-state index contributed by atoms with van der Waals surface area (Å²) in [6, 6.07) is 31.6. The van der Waals surface area contributed by atoms with Crippen LogP contribution in [0.25, 0.3) is 0 Å². The number of benzene rings is 4. The predicted molar refractivity (Wildman–Crippen MR) is 167 cm³/mol. The van der Waals surface area contributed by atoms with Crippen molar-refractivity contribution < 1.29 is 14.4 Å². The molecular formula is C34H33ClN4O3. The summed E-state index contributed by atoms with van der Waals surface area (Å²) in [5.41, 5.74) is 4.92. The summed E-state index contributed by atoms with van der Waals surface area (Å²) in [5.74, 6) is -0.478. The zero-order chi connectivity index (χ0) is 29.5. The number of piperazine rings is 1. The molecule has 1 heterocycles. The molecule has 1 aliphatic heterocycles. The molecule has 1 N–H and O–H groups in total. The molecule has 0 aromatic heterocycles. The van der Waals surface area contributed by atoms with Crippen LogP contribution >= 0.6 is 11.6 Å². The van der Waals surface area contributed by atoms with E-state index in [1.165, 1.54) is 4.90 Å². The normalized spacial score (nSPS) is 13.0. The van der Waals surface area contributed by atoms with Crippen molar-refractivity contribution in [2.75, 3.05) is 42.9 Å². The Kier molecular flexibility index (Phi) is 9.19. The number of anilines is 2. The summed E-state index contributed by atoms with van der Waals surface area (Å²) in [6.45, 7) is 4.94. The first-order valence-corrected chi connectivity index (χ1v) is 14.3. The number of aryl methyl sites for hydroxylation is 1. The monoisotopic (exact) mass is 580 g/mol. The summed E-state index contributed by atoms with van der Waals surface area (Å²) in [4.78, 5) is 44.9. The molecule has 0 unspecified atom stereocenters. The number of rotatable bonds is 8. The molecule has 3 amide bonds. The lowest BCUT2D eigenvalue weighted by molar-refractivity contribution is -0.117. The Labute approximate surface area is 251 Å². The smallest absolute Gasteiger partial charge is 0.254 e. The molecule has 4 aromatic rings. The Hall–Kier alpha value is -4.62. The maximum absolute atomic E-state index is 13.3. The Morgan fingerprint density at radius 3 is 2.02 bits per heavy atom. The molecule has 5 rings (SSSR count). The van der Waals surface area contributed by atoms with Crippen LogP contribution in [0, 0.1) is 6.92 Å². The third-order valence-electron chi connectivity index (χ3n) is 7.31. The van der Waals surface area contributed by atoms with Crippen molar-refractivity contribution in [1.29, 1.82) is 0 Å². The average molecular weight is 581 g/mol. The molecular weight excluding hydrogens is 548 g/mol. The lowest BCUT2D eigenvalue weighted by Gasteiger charge is -2.36. The minimum atomic E-state index is -0.288. The number of amides is 3. The van der Waals surface area contributed by atoms with Crippen LogP contribution in [-0.2, 0) is 11.3 Å². The third kappa shape index (κ3) is 7.36. The molecule has 0 saturated carbocycles. The molecule has 7 nitrogen and oxygen atoms in total. The third-order valence-corrected chi connectivity index (χ3v) is 7.56. The van der Waals surface area contributed by atoms with Crippen LogP contribution in [0.3, 0.4) is 0 Å². The van der Waals surface area contributed by atoms with E-state index in [1.807, 2.05) is 90.7 Å². The van der Waals surface area contributed by atoms with E-state index < -0.39 is 0 Å². The Morgan fingerprint density at radius 1 is 0.762 bits per heavy atom. The number of nitrogens with one attached hydrogen (secondary N) is 1. The van der Waals surface area contributed by atoms with Gasteiger partial charge >= 0.3 is 0 Å². The summed E-state index contributed by atoms with van der Waals surface area (Å²) in [5, 5.41) is 3.46. The highest BCUT2D eigenvalue weighted by Crippen LogP contribution is 2.21. The van der Waals surface area contributed by atoms with Gasteiger partial charge in [0.2, 0.25) is 5.91 Å². The number of carbonyl (C=O) groups excluding carboxylic acids is 3. The van der Waals surface area contributed by atoms with Gasteiger partial charge in [-0.2, -0.15) is 0 Å². The van der Waals surface area contributed by atoms with Gasteiger partial charge < -0.3 is 20.0 Å². The number of carbonyl (C=O) groups is 3. The lowest BCUT2D eigenvalue weighted by Crippen LogP contribution is -2.48. The quantitative estimate of drug-likeness (QED) is 0.282. The first-order chi connectivity index (χ1) is 20.4. The van der Waals surface area contributed by atoms with Gasteiger partial charge in [-0.25, -0.2) is 0 Å². The predicted octanol–water partition coefficient (Wildman–Crippen LogP) is 5.89. The first kappa shape index (κ1) is 28.9. The van der Waals surface area contributed by atoms with Gasteiger partial charge in [-0.15, -0.1) is 0 Å². The van der Waals surface area contributed by atoms with Crippen LogP contribution in [0.2, 0.25) is 5.02 Å². The van der Waals surface area contributed by atoms with Gasteiger partial charge in [-0.3, -0.25) is 14.4 Å². The van der Waals surface area contributed by atoms with Crippen LogP contribution in [0.1, 0.15) is 31.8 Å². The van der Waals surface area contributed by atoms with Crippen LogP contribution < -0.4 is 10.2 Å². The van der Waals surface area contributed by atoms with Crippen LogP contribution in [0.4, 0.5) is 11.4 Å². The minimum absolute atomic E-state index is 0.0589. The van der Waals surface area contributed by atoms with Crippen molar-refractivity contribution in [3.63, 3.8) is 0 Å². The molecule has 1 aliphatic rings. The van der Waals surface area contributed by atoms with E-state index in [4.69, 9.17) is 11.6 Å². The molecule has 42 heavy (non-hydrogen) atoms. The second-order valence-electron chi connectivity index (χ2n) is 10.4. The van der Waals surface area contributed by atoms with Crippen molar-refractivity contribution >= 4 is 40.7 Å². The zero-order valence-corrected chi connectivity index (χ0v) is 24.3. The highest BCUT2D eigenvalue weighted by Gasteiger charge is 2.23. The molecule has 4 aromatic carbocycles. The molecule has 0 atom stereocenters. The molecule has 214 valence electrons. The zero-order valence-electron chi connectivity index (χ0n) is 23.5. The fourth-order valence-electron chi connectivity index (χ4n) is 4.95. The fraction of sp³-hybridized carbons (Fsp3) is 0.206. The fourth-order valence-corrected chi connectivity index (χ4v) is 5.08. The van der Waals surface area contributed by atoms with Gasteiger partial charge in [0.15, 0.2) is 0 Å². The molecule has 0 aliphatic carbocycles. The standard InChI is InChI=1S/C34H33ClN4O3/c1-25-7-9-27(10-8-25)33(41)38-21-19-37(20-22-38)31-17-15-30(16-18-31)36-32(40)24-39(23-26-5-3-2-4-6-26)34(42)28-11-13-29(35)14-12-28/h2-18H,19-24H2,1H3,(H,36,40). The molecule has 0 spiro atoms. The van der Waals surface area contributed by atoms with Crippen LogP contribution in [-0.4, -0.2) is 60.2 Å². The van der Waals surface area contributed by atoms with Crippen LogP contribution in [0.5, 0.6) is 0 Å². The van der Waals surface area contributed by atoms with Crippen molar-refractivity contribution in [2.45, 2.75) is 13.5 Å². The van der Waals surface area contributed by atoms with Crippen LogP contribution in [0.15, 0.2) is 103 Å². The maximum Gasteiger partial charge on any atom is 0.254 e. The molecule has 8 heteroatoms. The number of hydrogen-bond donors (Lipinski definition) is 1. The van der Waals surface area contributed by atoms with Crippen molar-refractivity contribution in [3.05, 3.63) is 130 Å². The lowest BCUT2D eigenvalue weighted by atomic mass is 10.1. The topological polar surface area (TPSA) is 73.0 Å². The highest BCUT2D eigenvalue weighted by atomic mass is 35.5.